The van der Waals surface area contributed by atoms with E-state index >= 15 is 0 Å². The summed E-state index contributed by atoms with van der Waals surface area (Å²) in [5.41, 5.74) is 2.17. The number of hydrogen-bond acceptors (Lipinski definition) is 4. The van der Waals surface area contributed by atoms with E-state index in [4.69, 9.17) is 4.42 Å². The molecular formula is C25H19F2NO4. The highest BCUT2D eigenvalue weighted by Crippen LogP contribution is 2.31. The Bertz CT molecular complexity index is 1410. The van der Waals surface area contributed by atoms with E-state index in [0.717, 1.165) is 17.7 Å². The van der Waals surface area contributed by atoms with Gasteiger partial charge in [-0.3, -0.25) is 4.79 Å². The second-order valence-corrected chi connectivity index (χ2v) is 7.55. The molecule has 0 saturated heterocycles. The van der Waals surface area contributed by atoms with Crippen molar-refractivity contribution in [1.29, 1.82) is 0 Å². The highest BCUT2D eigenvalue weighted by atomic mass is 19.2. The Morgan fingerprint density at radius 2 is 1.78 bits per heavy atom. The van der Waals surface area contributed by atoms with Crippen LogP contribution >= 0.6 is 0 Å². The van der Waals surface area contributed by atoms with Crippen molar-refractivity contribution in [3.8, 4) is 11.3 Å². The Kier molecular flexibility index (Phi) is 5.48. The molecule has 7 heteroatoms. The van der Waals surface area contributed by atoms with Gasteiger partial charge in [0.2, 0.25) is 0 Å². The van der Waals surface area contributed by atoms with Crippen LogP contribution in [0.3, 0.4) is 0 Å². The number of para-hydroxylation sites is 1. The summed E-state index contributed by atoms with van der Waals surface area (Å²) in [6.45, 7) is 3.65. The van der Waals surface area contributed by atoms with Crippen molar-refractivity contribution >= 4 is 22.6 Å². The third kappa shape index (κ3) is 3.97. The Balaban J connectivity index is 1.85. The van der Waals surface area contributed by atoms with Gasteiger partial charge >= 0.3 is 5.97 Å². The summed E-state index contributed by atoms with van der Waals surface area (Å²) in [6.07, 6.45) is 0. The zero-order valence-electron chi connectivity index (χ0n) is 17.3. The summed E-state index contributed by atoms with van der Waals surface area (Å²) in [6, 6.07) is 14.1. The largest absolute Gasteiger partial charge is 0.478 e. The van der Waals surface area contributed by atoms with Crippen LogP contribution in [0.1, 0.15) is 34.5 Å². The van der Waals surface area contributed by atoms with Gasteiger partial charge in [0.15, 0.2) is 17.1 Å². The number of carboxylic acids is 1. The molecule has 32 heavy (non-hydrogen) atoms. The minimum absolute atomic E-state index is 0.102. The maximum Gasteiger partial charge on any atom is 0.337 e. The van der Waals surface area contributed by atoms with Crippen LogP contribution in [-0.4, -0.2) is 11.1 Å². The zero-order chi connectivity index (χ0) is 23.0. The zero-order valence-corrected chi connectivity index (χ0v) is 17.3. The smallest absolute Gasteiger partial charge is 0.337 e. The molecule has 1 heterocycles. The minimum atomic E-state index is -1.07. The van der Waals surface area contributed by atoms with Crippen LogP contribution in [0.4, 0.5) is 14.5 Å². The maximum atomic E-state index is 13.7. The molecule has 1 aromatic heterocycles. The van der Waals surface area contributed by atoms with E-state index in [2.05, 4.69) is 5.32 Å². The first-order chi connectivity index (χ1) is 15.2. The standard InChI is InChI=1S/C25H19F2NO4/c1-13-9-17(14(2)28-21-6-4-3-5-16(21)25(30)31)24-18(10-13)22(29)12-23(32-24)15-7-8-19(26)20(27)11-15/h3-12,14,28H,1-2H3,(H,30,31). The van der Waals surface area contributed by atoms with Crippen molar-refractivity contribution in [2.45, 2.75) is 19.9 Å². The van der Waals surface area contributed by atoms with E-state index in [1.807, 2.05) is 19.9 Å². The molecule has 4 rings (SSSR count). The first-order valence-corrected chi connectivity index (χ1v) is 9.87. The molecule has 5 nitrogen and oxygen atoms in total. The normalized spacial score (nSPS) is 12.0. The van der Waals surface area contributed by atoms with E-state index in [1.165, 1.54) is 18.2 Å². The average molecular weight is 435 g/mol. The van der Waals surface area contributed by atoms with E-state index in [1.54, 1.807) is 24.3 Å². The molecule has 0 bridgehead atoms. The Labute approximate surface area is 181 Å². The second-order valence-electron chi connectivity index (χ2n) is 7.55. The molecule has 0 saturated carbocycles. The van der Waals surface area contributed by atoms with Crippen LogP contribution in [0, 0.1) is 18.6 Å². The number of rotatable bonds is 5. The van der Waals surface area contributed by atoms with Gasteiger partial charge in [0.25, 0.3) is 0 Å². The monoisotopic (exact) mass is 435 g/mol. The first kappa shape index (κ1) is 21.2. The maximum absolute atomic E-state index is 13.7. The van der Waals surface area contributed by atoms with Crippen molar-refractivity contribution in [3.63, 3.8) is 0 Å². The van der Waals surface area contributed by atoms with Gasteiger partial charge in [-0.15, -0.1) is 0 Å². The van der Waals surface area contributed by atoms with Gasteiger partial charge in [0.1, 0.15) is 11.3 Å². The van der Waals surface area contributed by atoms with Crippen molar-refractivity contribution < 1.29 is 23.1 Å². The number of carbonyl (C=O) groups is 1. The molecule has 0 aliphatic carbocycles. The van der Waals surface area contributed by atoms with Crippen molar-refractivity contribution in [2.24, 2.45) is 0 Å². The van der Waals surface area contributed by atoms with Crippen LogP contribution in [0.15, 0.2) is 69.9 Å². The molecule has 0 fully saturated rings. The lowest BCUT2D eigenvalue weighted by Gasteiger charge is -2.19. The number of anilines is 1. The van der Waals surface area contributed by atoms with Crippen LogP contribution < -0.4 is 10.7 Å². The molecule has 162 valence electrons. The summed E-state index contributed by atoms with van der Waals surface area (Å²) in [7, 11) is 0. The fraction of sp³-hybridized carbons (Fsp3) is 0.120. The lowest BCUT2D eigenvalue weighted by atomic mass is 10.00. The van der Waals surface area contributed by atoms with Crippen LogP contribution in [-0.2, 0) is 0 Å². The highest BCUT2D eigenvalue weighted by Gasteiger charge is 2.18. The minimum Gasteiger partial charge on any atom is -0.478 e. The number of fused-ring (bicyclic) bond motifs is 1. The summed E-state index contributed by atoms with van der Waals surface area (Å²) in [5.74, 6) is -3.01. The SMILES string of the molecule is Cc1cc(C(C)Nc2ccccc2C(=O)O)c2oc(-c3ccc(F)c(F)c3)cc(=O)c2c1. The fourth-order valence-corrected chi connectivity index (χ4v) is 3.65. The number of carboxylic acid groups (broad SMARTS) is 1. The highest BCUT2D eigenvalue weighted by molar-refractivity contribution is 5.94. The molecule has 1 unspecified atom stereocenters. The van der Waals surface area contributed by atoms with E-state index in [0.29, 0.717) is 16.6 Å². The van der Waals surface area contributed by atoms with Crippen molar-refractivity contribution in [1.82, 2.24) is 0 Å². The summed E-state index contributed by atoms with van der Waals surface area (Å²) < 4.78 is 33.1. The molecule has 0 amide bonds. The number of hydrogen-bond donors (Lipinski definition) is 2. The Hall–Kier alpha value is -4.00. The van der Waals surface area contributed by atoms with Gasteiger partial charge in [-0.05, 0) is 55.8 Å². The third-order valence-corrected chi connectivity index (χ3v) is 5.20. The molecule has 1 atom stereocenters. The van der Waals surface area contributed by atoms with Crippen molar-refractivity contribution in [3.05, 3.63) is 99.2 Å². The number of aromatic carboxylic acids is 1. The third-order valence-electron chi connectivity index (χ3n) is 5.20. The summed E-state index contributed by atoms with van der Waals surface area (Å²) >= 11 is 0. The van der Waals surface area contributed by atoms with E-state index in [9.17, 15) is 23.5 Å². The predicted molar refractivity (Wildman–Crippen MR) is 118 cm³/mol. The molecule has 3 aromatic carbocycles. The Morgan fingerprint density at radius 3 is 2.50 bits per heavy atom. The van der Waals surface area contributed by atoms with Crippen LogP contribution in [0.2, 0.25) is 0 Å². The van der Waals surface area contributed by atoms with Gasteiger partial charge in [0, 0.05) is 22.9 Å². The van der Waals surface area contributed by atoms with Gasteiger partial charge in [0.05, 0.1) is 17.0 Å². The average Bonchev–Trinajstić information content (AvgIpc) is 2.75. The van der Waals surface area contributed by atoms with Crippen LogP contribution in [0.25, 0.3) is 22.3 Å². The van der Waals surface area contributed by atoms with Crippen molar-refractivity contribution in [2.75, 3.05) is 5.32 Å². The summed E-state index contributed by atoms with van der Waals surface area (Å²) in [5, 5.41) is 13.0. The first-order valence-electron chi connectivity index (χ1n) is 9.87. The molecular weight excluding hydrogens is 416 g/mol. The Morgan fingerprint density at radius 1 is 1.03 bits per heavy atom. The lowest BCUT2D eigenvalue weighted by Crippen LogP contribution is -2.12. The molecule has 0 aliphatic heterocycles. The number of halogens is 2. The lowest BCUT2D eigenvalue weighted by molar-refractivity contribution is 0.0698. The number of benzene rings is 3. The van der Waals surface area contributed by atoms with E-state index < -0.39 is 23.6 Å². The number of aryl methyl sites for hydroxylation is 1. The van der Waals surface area contributed by atoms with Gasteiger partial charge < -0.3 is 14.8 Å². The molecule has 0 radical (unpaired) electrons. The van der Waals surface area contributed by atoms with Gasteiger partial charge in [-0.1, -0.05) is 18.2 Å². The predicted octanol–water partition coefficient (Wildman–Crippen LogP) is 5.92. The second kappa shape index (κ2) is 8.26. The molecule has 2 N–H and O–H groups in total. The number of nitrogens with one attached hydrogen (secondary N) is 1. The summed E-state index contributed by atoms with van der Waals surface area (Å²) in [4.78, 5) is 24.4. The topological polar surface area (TPSA) is 79.5 Å². The fourth-order valence-electron chi connectivity index (χ4n) is 3.65. The van der Waals surface area contributed by atoms with Gasteiger partial charge in [-0.25, -0.2) is 13.6 Å². The quantitative estimate of drug-likeness (QED) is 0.407. The van der Waals surface area contributed by atoms with Gasteiger partial charge in [-0.2, -0.15) is 0 Å². The van der Waals surface area contributed by atoms with Crippen LogP contribution in [0.5, 0.6) is 0 Å². The molecule has 0 aliphatic rings. The molecule has 0 spiro atoms. The molecule has 4 aromatic rings. The van der Waals surface area contributed by atoms with E-state index in [-0.39, 0.29) is 27.9 Å².